The molecule has 88 valence electrons. The van der Waals surface area contributed by atoms with Crippen LogP contribution in [0.1, 0.15) is 33.0 Å². The van der Waals surface area contributed by atoms with E-state index in [4.69, 9.17) is 4.74 Å². The number of aryl methyl sites for hydroxylation is 2. The Bertz CT molecular complexity index is 380. The fourth-order valence-corrected chi connectivity index (χ4v) is 2.88. The van der Waals surface area contributed by atoms with Crippen molar-refractivity contribution >= 4 is 17.2 Å². The van der Waals surface area contributed by atoms with Crippen molar-refractivity contribution in [2.45, 2.75) is 32.8 Å². The van der Waals surface area contributed by atoms with Crippen LogP contribution in [0, 0.1) is 13.8 Å². The lowest BCUT2D eigenvalue weighted by molar-refractivity contribution is 0.0857. The fourth-order valence-electron chi connectivity index (χ4n) is 1.96. The minimum Gasteiger partial charge on any atom is -0.376 e. The Hall–Kier alpha value is -0.870. The van der Waals surface area contributed by atoms with E-state index >= 15 is 0 Å². The molecule has 1 aromatic heterocycles. The summed E-state index contributed by atoms with van der Waals surface area (Å²) in [6.45, 7) is 5.47. The maximum absolute atomic E-state index is 11.9. The average molecular weight is 239 g/mol. The summed E-state index contributed by atoms with van der Waals surface area (Å²) in [7, 11) is 0. The van der Waals surface area contributed by atoms with Crippen LogP contribution in [0.25, 0.3) is 0 Å². The van der Waals surface area contributed by atoms with Crippen LogP contribution in [0.4, 0.5) is 0 Å². The third kappa shape index (κ3) is 2.62. The predicted molar refractivity (Wildman–Crippen MR) is 65.1 cm³/mol. The van der Waals surface area contributed by atoms with Crippen LogP contribution in [-0.4, -0.2) is 25.2 Å². The summed E-state index contributed by atoms with van der Waals surface area (Å²) in [5.41, 5.74) is 0.806. The molecule has 2 heterocycles. The van der Waals surface area contributed by atoms with Crippen LogP contribution < -0.4 is 5.32 Å². The molecule has 0 aromatic carbocycles. The molecule has 1 atom stereocenters. The zero-order valence-electron chi connectivity index (χ0n) is 9.71. The van der Waals surface area contributed by atoms with Gasteiger partial charge in [-0.15, -0.1) is 11.3 Å². The van der Waals surface area contributed by atoms with Gasteiger partial charge in [-0.3, -0.25) is 4.79 Å². The highest BCUT2D eigenvalue weighted by atomic mass is 32.1. The Morgan fingerprint density at radius 3 is 3.00 bits per heavy atom. The molecule has 16 heavy (non-hydrogen) atoms. The standard InChI is InChI=1S/C12H17NO2S/c1-8-6-11(9(2)16-8)12(14)13-7-10-4-3-5-15-10/h6,10H,3-5,7H2,1-2H3,(H,13,14). The predicted octanol–water partition coefficient (Wildman–Crippen LogP) is 2.27. The molecule has 2 rings (SSSR count). The quantitative estimate of drug-likeness (QED) is 0.878. The van der Waals surface area contributed by atoms with E-state index in [0.717, 1.165) is 29.9 Å². The number of rotatable bonds is 3. The van der Waals surface area contributed by atoms with Crippen molar-refractivity contribution in [2.75, 3.05) is 13.2 Å². The van der Waals surface area contributed by atoms with Gasteiger partial charge in [0.1, 0.15) is 0 Å². The Kier molecular flexibility index (Phi) is 3.61. The smallest absolute Gasteiger partial charge is 0.252 e. The van der Waals surface area contributed by atoms with Gasteiger partial charge in [0.25, 0.3) is 5.91 Å². The first-order valence-corrected chi connectivity index (χ1v) is 6.45. The molecule has 4 heteroatoms. The first-order valence-electron chi connectivity index (χ1n) is 5.63. The summed E-state index contributed by atoms with van der Waals surface area (Å²) in [6, 6.07) is 1.95. The van der Waals surface area contributed by atoms with Crippen molar-refractivity contribution in [1.29, 1.82) is 0 Å². The van der Waals surface area contributed by atoms with Crippen LogP contribution in [0.3, 0.4) is 0 Å². The summed E-state index contributed by atoms with van der Waals surface area (Å²) in [5.74, 6) is 0.0253. The summed E-state index contributed by atoms with van der Waals surface area (Å²) >= 11 is 1.66. The van der Waals surface area contributed by atoms with Gasteiger partial charge < -0.3 is 10.1 Å². The third-order valence-electron chi connectivity index (χ3n) is 2.80. The zero-order chi connectivity index (χ0) is 11.5. The van der Waals surface area contributed by atoms with E-state index in [1.165, 1.54) is 4.88 Å². The average Bonchev–Trinajstić information content (AvgIpc) is 2.84. The lowest BCUT2D eigenvalue weighted by Gasteiger charge is -2.10. The van der Waals surface area contributed by atoms with Gasteiger partial charge in [-0.25, -0.2) is 0 Å². The van der Waals surface area contributed by atoms with E-state index in [-0.39, 0.29) is 12.0 Å². The lowest BCUT2D eigenvalue weighted by atomic mass is 10.2. The van der Waals surface area contributed by atoms with E-state index in [9.17, 15) is 4.79 Å². The van der Waals surface area contributed by atoms with Gasteiger partial charge in [-0.2, -0.15) is 0 Å². The van der Waals surface area contributed by atoms with Crippen molar-refractivity contribution in [2.24, 2.45) is 0 Å². The molecule has 1 aliphatic heterocycles. The van der Waals surface area contributed by atoms with Crippen molar-refractivity contribution in [1.82, 2.24) is 5.32 Å². The SMILES string of the molecule is Cc1cc(C(=O)NCC2CCCO2)c(C)s1. The van der Waals surface area contributed by atoms with Crippen molar-refractivity contribution in [3.05, 3.63) is 21.4 Å². The molecule has 0 radical (unpaired) electrons. The van der Waals surface area contributed by atoms with E-state index in [1.54, 1.807) is 11.3 Å². The summed E-state index contributed by atoms with van der Waals surface area (Å²) in [4.78, 5) is 14.1. The minimum atomic E-state index is 0.0253. The zero-order valence-corrected chi connectivity index (χ0v) is 10.5. The van der Waals surface area contributed by atoms with Crippen molar-refractivity contribution in [3.8, 4) is 0 Å². The number of hydrogen-bond acceptors (Lipinski definition) is 3. The van der Waals surface area contributed by atoms with Crippen LogP contribution in [0.5, 0.6) is 0 Å². The number of hydrogen-bond donors (Lipinski definition) is 1. The molecule has 1 amide bonds. The normalized spacial score (nSPS) is 20.0. The highest BCUT2D eigenvalue weighted by molar-refractivity contribution is 7.12. The molecule has 1 aromatic rings. The van der Waals surface area contributed by atoms with E-state index < -0.39 is 0 Å². The highest BCUT2D eigenvalue weighted by Crippen LogP contribution is 2.20. The maximum Gasteiger partial charge on any atom is 0.252 e. The number of amides is 1. The van der Waals surface area contributed by atoms with Crippen LogP contribution in [0.15, 0.2) is 6.07 Å². The van der Waals surface area contributed by atoms with Crippen LogP contribution >= 0.6 is 11.3 Å². The van der Waals surface area contributed by atoms with Crippen LogP contribution in [-0.2, 0) is 4.74 Å². The molecule has 0 saturated carbocycles. The Morgan fingerprint density at radius 1 is 1.62 bits per heavy atom. The van der Waals surface area contributed by atoms with E-state index in [1.807, 2.05) is 19.9 Å². The highest BCUT2D eigenvalue weighted by Gasteiger charge is 2.17. The topological polar surface area (TPSA) is 38.3 Å². The van der Waals surface area contributed by atoms with Gasteiger partial charge in [0.15, 0.2) is 0 Å². The Labute approximate surface area is 99.8 Å². The number of carbonyl (C=O) groups is 1. The van der Waals surface area contributed by atoms with Gasteiger partial charge >= 0.3 is 0 Å². The van der Waals surface area contributed by atoms with Crippen molar-refractivity contribution < 1.29 is 9.53 Å². The Balaban J connectivity index is 1.90. The second kappa shape index (κ2) is 4.97. The summed E-state index contributed by atoms with van der Waals surface area (Å²) in [5, 5.41) is 2.94. The number of carbonyl (C=O) groups excluding carboxylic acids is 1. The molecular weight excluding hydrogens is 222 g/mol. The molecule has 1 fully saturated rings. The monoisotopic (exact) mass is 239 g/mol. The summed E-state index contributed by atoms with van der Waals surface area (Å²) in [6.07, 6.45) is 2.38. The molecule has 0 aliphatic carbocycles. The number of nitrogens with one attached hydrogen (secondary N) is 1. The van der Waals surface area contributed by atoms with E-state index in [2.05, 4.69) is 5.32 Å². The van der Waals surface area contributed by atoms with Gasteiger partial charge in [-0.1, -0.05) is 0 Å². The van der Waals surface area contributed by atoms with E-state index in [0.29, 0.717) is 6.54 Å². The van der Waals surface area contributed by atoms with Gasteiger partial charge in [0, 0.05) is 22.9 Å². The molecular formula is C12H17NO2S. The largest absolute Gasteiger partial charge is 0.376 e. The molecule has 1 unspecified atom stereocenters. The first kappa shape index (κ1) is 11.6. The molecule has 1 N–H and O–H groups in total. The molecule has 1 saturated heterocycles. The molecule has 0 spiro atoms. The lowest BCUT2D eigenvalue weighted by Crippen LogP contribution is -2.31. The second-order valence-electron chi connectivity index (χ2n) is 4.17. The third-order valence-corrected chi connectivity index (χ3v) is 3.77. The Morgan fingerprint density at radius 2 is 2.44 bits per heavy atom. The van der Waals surface area contributed by atoms with Gasteiger partial charge in [0.2, 0.25) is 0 Å². The van der Waals surface area contributed by atoms with Crippen molar-refractivity contribution in [3.63, 3.8) is 0 Å². The minimum absolute atomic E-state index is 0.0253. The fraction of sp³-hybridized carbons (Fsp3) is 0.583. The van der Waals surface area contributed by atoms with Crippen LogP contribution in [0.2, 0.25) is 0 Å². The number of ether oxygens (including phenoxy) is 1. The molecule has 0 bridgehead atoms. The van der Waals surface area contributed by atoms with Gasteiger partial charge in [0.05, 0.1) is 11.7 Å². The number of thiophene rings is 1. The maximum atomic E-state index is 11.9. The van der Waals surface area contributed by atoms with Gasteiger partial charge in [-0.05, 0) is 32.8 Å². The molecule has 3 nitrogen and oxygen atoms in total. The summed E-state index contributed by atoms with van der Waals surface area (Å²) < 4.78 is 5.46. The first-order chi connectivity index (χ1) is 7.66. The second-order valence-corrected chi connectivity index (χ2v) is 5.63. The molecule has 1 aliphatic rings.